The summed E-state index contributed by atoms with van der Waals surface area (Å²) in [5, 5.41) is 0.0179. The average molecular weight is 406 g/mol. The van der Waals surface area contributed by atoms with Crippen LogP contribution in [0.3, 0.4) is 0 Å². The van der Waals surface area contributed by atoms with E-state index in [9.17, 15) is 13.6 Å². The zero-order valence-electron chi connectivity index (χ0n) is 15.4. The molecule has 0 amide bonds. The van der Waals surface area contributed by atoms with Crippen molar-refractivity contribution in [1.82, 2.24) is 9.97 Å². The molecular weight excluding hydrogens is 386 g/mol. The first kappa shape index (κ1) is 20.2. The number of aromatic nitrogens is 2. The van der Waals surface area contributed by atoms with Gasteiger partial charge in [-0.15, -0.1) is 0 Å². The largest absolute Gasteiger partial charge is 0.445 e. The van der Waals surface area contributed by atoms with Gasteiger partial charge in [-0.3, -0.25) is 4.79 Å². The van der Waals surface area contributed by atoms with Crippen molar-refractivity contribution in [2.24, 2.45) is 10.7 Å². The highest BCUT2D eigenvalue weighted by molar-refractivity contribution is 8.14. The number of nitrogens with two attached hydrogens (primary N) is 1. The maximum absolute atomic E-state index is 14.9. The van der Waals surface area contributed by atoms with Gasteiger partial charge in [0.2, 0.25) is 12.7 Å². The molecule has 2 heterocycles. The Balaban J connectivity index is 1.81. The van der Waals surface area contributed by atoms with Crippen molar-refractivity contribution < 1.29 is 18.3 Å². The van der Waals surface area contributed by atoms with Gasteiger partial charge in [0.05, 0.1) is 12.4 Å². The molecule has 0 bridgehead atoms. The first-order valence-electron chi connectivity index (χ1n) is 8.63. The van der Waals surface area contributed by atoms with Crippen molar-refractivity contribution in [1.29, 1.82) is 0 Å². The standard InChI is InChI=1S/C19H20F2N4O2S/c1-11-17(21)19(2,25-18(22)28-11)13-5-3-4-12(6-13)7-15(26)14-8-24-16(9-23-14)27-10-20/h3-6,8-9,11,17H,7,10H2,1-2H3,(H2,22,25)/t11-,17+,19-/m1/s1. The molecule has 1 aliphatic heterocycles. The summed E-state index contributed by atoms with van der Waals surface area (Å²) >= 11 is 1.21. The smallest absolute Gasteiger partial charge is 0.234 e. The van der Waals surface area contributed by atoms with Crippen molar-refractivity contribution in [3.8, 4) is 5.88 Å². The van der Waals surface area contributed by atoms with Crippen LogP contribution in [0.1, 0.15) is 35.5 Å². The van der Waals surface area contributed by atoms with Gasteiger partial charge in [0.25, 0.3) is 0 Å². The molecule has 0 unspecified atom stereocenters. The lowest BCUT2D eigenvalue weighted by molar-refractivity contribution is 0.0987. The minimum Gasteiger partial charge on any atom is -0.445 e. The number of amidine groups is 1. The highest BCUT2D eigenvalue weighted by atomic mass is 32.2. The van der Waals surface area contributed by atoms with Crippen LogP contribution in [0.25, 0.3) is 0 Å². The van der Waals surface area contributed by atoms with Crippen molar-refractivity contribution in [2.45, 2.75) is 37.2 Å². The van der Waals surface area contributed by atoms with Gasteiger partial charge in [0.15, 0.2) is 11.0 Å². The van der Waals surface area contributed by atoms with E-state index in [1.807, 2.05) is 0 Å². The number of carbonyl (C=O) groups excluding carboxylic acids is 1. The van der Waals surface area contributed by atoms with Gasteiger partial charge in [-0.2, -0.15) is 0 Å². The monoisotopic (exact) mass is 406 g/mol. The third-order valence-corrected chi connectivity index (χ3v) is 5.53. The Morgan fingerprint density at radius 1 is 1.36 bits per heavy atom. The van der Waals surface area contributed by atoms with Crippen LogP contribution in [-0.2, 0) is 12.0 Å². The average Bonchev–Trinajstić information content (AvgIpc) is 2.67. The lowest BCUT2D eigenvalue weighted by Gasteiger charge is -2.37. The lowest BCUT2D eigenvalue weighted by Crippen LogP contribution is -2.43. The molecule has 0 radical (unpaired) electrons. The molecule has 0 spiro atoms. The van der Waals surface area contributed by atoms with Crippen molar-refractivity contribution in [2.75, 3.05) is 6.86 Å². The molecule has 28 heavy (non-hydrogen) atoms. The summed E-state index contributed by atoms with van der Waals surface area (Å²) in [4.78, 5) is 24.6. The minimum atomic E-state index is -1.22. The number of hydrogen-bond donors (Lipinski definition) is 1. The number of nitrogens with zero attached hydrogens (tertiary/aromatic N) is 3. The van der Waals surface area contributed by atoms with Gasteiger partial charge in [0, 0.05) is 11.7 Å². The predicted octanol–water partition coefficient (Wildman–Crippen LogP) is 3.21. The zero-order chi connectivity index (χ0) is 20.3. The van der Waals surface area contributed by atoms with E-state index in [2.05, 4.69) is 19.7 Å². The maximum atomic E-state index is 14.9. The number of hydrogen-bond acceptors (Lipinski definition) is 7. The molecule has 1 aromatic heterocycles. The molecule has 6 nitrogen and oxygen atoms in total. The number of aliphatic imine (C=N–C) groups is 1. The molecule has 0 saturated heterocycles. The highest BCUT2D eigenvalue weighted by Crippen LogP contribution is 2.41. The Bertz CT molecular complexity index is 894. The summed E-state index contributed by atoms with van der Waals surface area (Å²) in [5.74, 6) is -0.267. The lowest BCUT2D eigenvalue weighted by atomic mass is 9.85. The number of ketones is 1. The van der Waals surface area contributed by atoms with Crippen LogP contribution in [0.4, 0.5) is 8.78 Å². The summed E-state index contributed by atoms with van der Waals surface area (Å²) in [6, 6.07) is 7.08. The van der Waals surface area contributed by atoms with Crippen LogP contribution in [0.5, 0.6) is 5.88 Å². The van der Waals surface area contributed by atoms with E-state index in [1.54, 1.807) is 38.1 Å². The zero-order valence-corrected chi connectivity index (χ0v) is 16.2. The fourth-order valence-corrected chi connectivity index (χ4v) is 4.12. The minimum absolute atomic E-state index is 0.00250. The summed E-state index contributed by atoms with van der Waals surface area (Å²) in [6.45, 7) is 2.46. The van der Waals surface area contributed by atoms with Crippen LogP contribution in [0.15, 0.2) is 41.7 Å². The fourth-order valence-electron chi connectivity index (χ4n) is 3.11. The third-order valence-electron chi connectivity index (χ3n) is 4.59. The van der Waals surface area contributed by atoms with Gasteiger partial charge >= 0.3 is 0 Å². The second-order valence-electron chi connectivity index (χ2n) is 6.62. The molecule has 1 aliphatic rings. The number of thioether (sulfide) groups is 1. The third kappa shape index (κ3) is 4.14. The normalized spacial score (nSPS) is 24.5. The van der Waals surface area contributed by atoms with Gasteiger partial charge in [-0.25, -0.2) is 23.7 Å². The summed E-state index contributed by atoms with van der Waals surface area (Å²) in [6.07, 6.45) is 1.27. The second kappa shape index (κ2) is 8.22. The van der Waals surface area contributed by atoms with Crippen LogP contribution in [-0.4, -0.2) is 39.2 Å². The summed E-state index contributed by atoms with van der Waals surface area (Å²) < 4.78 is 31.6. The van der Waals surface area contributed by atoms with E-state index < -0.39 is 18.6 Å². The second-order valence-corrected chi connectivity index (χ2v) is 8.01. The van der Waals surface area contributed by atoms with E-state index in [0.29, 0.717) is 16.3 Å². The first-order chi connectivity index (χ1) is 13.3. The number of carbonyl (C=O) groups is 1. The van der Waals surface area contributed by atoms with Gasteiger partial charge in [-0.1, -0.05) is 36.0 Å². The first-order valence-corrected chi connectivity index (χ1v) is 9.51. The predicted molar refractivity (Wildman–Crippen MR) is 104 cm³/mol. The summed E-state index contributed by atoms with van der Waals surface area (Å²) in [7, 11) is 0. The molecule has 2 aromatic rings. The van der Waals surface area contributed by atoms with E-state index in [0.717, 1.165) is 0 Å². The molecule has 0 aliphatic carbocycles. The van der Waals surface area contributed by atoms with Gasteiger partial charge < -0.3 is 10.5 Å². The SMILES string of the molecule is C[C@H]1SC(N)=N[C@](C)(c2cccc(CC(=O)c3cnc(OCF)cn3)c2)[C@H]1F. The highest BCUT2D eigenvalue weighted by Gasteiger charge is 2.43. The number of halogens is 2. The number of alkyl halides is 2. The number of rotatable bonds is 6. The molecule has 3 atom stereocenters. The summed E-state index contributed by atoms with van der Waals surface area (Å²) in [5.41, 5.74) is 6.24. The Labute approximate surface area is 165 Å². The molecule has 9 heteroatoms. The van der Waals surface area contributed by atoms with Crippen molar-refractivity contribution >= 4 is 22.7 Å². The quantitative estimate of drug-likeness (QED) is 0.741. The molecular formula is C19H20F2N4O2S. The Hall–Kier alpha value is -2.55. The van der Waals surface area contributed by atoms with Crippen LogP contribution in [0.2, 0.25) is 0 Å². The van der Waals surface area contributed by atoms with Crippen LogP contribution < -0.4 is 10.5 Å². The Kier molecular flexibility index (Phi) is 5.93. The molecule has 0 saturated carbocycles. The van der Waals surface area contributed by atoms with Gasteiger partial charge in [0.1, 0.15) is 17.4 Å². The topological polar surface area (TPSA) is 90.5 Å². The van der Waals surface area contributed by atoms with Crippen LogP contribution >= 0.6 is 11.8 Å². The maximum Gasteiger partial charge on any atom is 0.234 e. The Morgan fingerprint density at radius 3 is 2.82 bits per heavy atom. The molecule has 1 aromatic carbocycles. The number of benzene rings is 1. The number of Topliss-reactive ketones (excluding diaryl/α,β-unsaturated/α-hetero) is 1. The molecule has 2 N–H and O–H groups in total. The molecule has 3 rings (SSSR count). The van der Waals surface area contributed by atoms with Gasteiger partial charge in [-0.05, 0) is 25.0 Å². The van der Waals surface area contributed by atoms with Crippen molar-refractivity contribution in [3.05, 3.63) is 53.5 Å². The molecule has 0 fully saturated rings. The van der Waals surface area contributed by atoms with E-state index in [-0.39, 0.29) is 29.0 Å². The van der Waals surface area contributed by atoms with Crippen LogP contribution in [0, 0.1) is 0 Å². The molecule has 148 valence electrons. The number of ether oxygens (including phenoxy) is 1. The fraction of sp³-hybridized carbons (Fsp3) is 0.368. The van der Waals surface area contributed by atoms with E-state index >= 15 is 0 Å². The van der Waals surface area contributed by atoms with E-state index in [4.69, 9.17) is 5.73 Å². The van der Waals surface area contributed by atoms with E-state index in [1.165, 1.54) is 24.2 Å². The van der Waals surface area contributed by atoms with Crippen molar-refractivity contribution in [3.63, 3.8) is 0 Å². The Morgan fingerprint density at radius 2 is 2.14 bits per heavy atom.